The van der Waals surface area contributed by atoms with Gasteiger partial charge in [0.15, 0.2) is 0 Å². The average Bonchev–Trinajstić information content (AvgIpc) is 2.77. The molecule has 2 rings (SSSR count). The first kappa shape index (κ1) is 12.5. The van der Waals surface area contributed by atoms with Crippen LogP contribution in [-0.2, 0) is 12.4 Å². The molecule has 0 saturated heterocycles. The number of hydrogen-bond donors (Lipinski definition) is 0. The van der Waals surface area contributed by atoms with E-state index in [-0.39, 0.29) is 0 Å². The van der Waals surface area contributed by atoms with E-state index in [2.05, 4.69) is 21.0 Å². The van der Waals surface area contributed by atoms with Gasteiger partial charge in [-0.05, 0) is 33.6 Å². The lowest BCUT2D eigenvalue weighted by atomic mass is 10.2. The quantitative estimate of drug-likeness (QED) is 0.808. The van der Waals surface area contributed by atoms with E-state index in [0.717, 1.165) is 27.9 Å². The van der Waals surface area contributed by atoms with Crippen LogP contribution in [0.2, 0.25) is 0 Å². The Balaban J connectivity index is 2.15. The minimum absolute atomic E-state index is 0.492. The molecule has 1 aromatic heterocycles. The molecule has 1 aromatic carbocycles. The molecule has 0 aliphatic heterocycles. The summed E-state index contributed by atoms with van der Waals surface area (Å²) in [6.07, 6.45) is 3.73. The number of halogens is 2. The molecule has 0 unspecified atom stereocenters. The zero-order valence-electron chi connectivity index (χ0n) is 9.36. The van der Waals surface area contributed by atoms with Crippen molar-refractivity contribution in [2.24, 2.45) is 0 Å². The van der Waals surface area contributed by atoms with Crippen molar-refractivity contribution in [1.29, 1.82) is 0 Å². The van der Waals surface area contributed by atoms with E-state index in [9.17, 15) is 0 Å². The van der Waals surface area contributed by atoms with Gasteiger partial charge in [-0.3, -0.25) is 4.68 Å². The van der Waals surface area contributed by atoms with Crippen LogP contribution in [-0.4, -0.2) is 16.9 Å². The first-order chi connectivity index (χ1) is 8.22. The molecule has 0 N–H and O–H groups in total. The summed E-state index contributed by atoms with van der Waals surface area (Å²) in [6, 6.07) is 5.98. The fourth-order valence-corrected chi connectivity index (χ4v) is 2.28. The van der Waals surface area contributed by atoms with Gasteiger partial charge in [-0.25, -0.2) is 0 Å². The summed E-state index contributed by atoms with van der Waals surface area (Å²) in [5.74, 6) is 1.32. The van der Waals surface area contributed by atoms with Gasteiger partial charge < -0.3 is 4.74 Å². The van der Waals surface area contributed by atoms with Gasteiger partial charge in [0, 0.05) is 11.8 Å². The molecule has 17 heavy (non-hydrogen) atoms. The summed E-state index contributed by atoms with van der Waals surface area (Å²) in [7, 11) is 1.65. The molecule has 0 atom stereocenters. The molecule has 5 heteroatoms. The molecule has 0 fully saturated rings. The van der Waals surface area contributed by atoms with E-state index < -0.39 is 0 Å². The molecule has 0 spiro atoms. The highest BCUT2D eigenvalue weighted by Gasteiger charge is 2.03. The maximum absolute atomic E-state index is 5.73. The fourth-order valence-electron chi connectivity index (χ4n) is 1.56. The van der Waals surface area contributed by atoms with Crippen LogP contribution in [0.1, 0.15) is 11.1 Å². The molecule has 0 bridgehead atoms. The first-order valence-electron chi connectivity index (χ1n) is 5.12. The lowest BCUT2D eigenvalue weighted by molar-refractivity contribution is 0.412. The molecule has 1 heterocycles. The van der Waals surface area contributed by atoms with Crippen molar-refractivity contribution in [2.75, 3.05) is 7.11 Å². The predicted molar refractivity (Wildman–Crippen MR) is 71.6 cm³/mol. The molecule has 0 radical (unpaired) electrons. The number of methoxy groups -OCH3 is 1. The van der Waals surface area contributed by atoms with Crippen LogP contribution >= 0.6 is 27.5 Å². The summed E-state index contributed by atoms with van der Waals surface area (Å²) in [5, 5.41) is 4.24. The van der Waals surface area contributed by atoms with E-state index in [1.54, 1.807) is 13.3 Å². The van der Waals surface area contributed by atoms with Crippen LogP contribution in [0.3, 0.4) is 0 Å². The summed E-state index contributed by atoms with van der Waals surface area (Å²) in [5.41, 5.74) is 2.18. The van der Waals surface area contributed by atoms with Crippen molar-refractivity contribution in [1.82, 2.24) is 9.78 Å². The number of rotatable bonds is 4. The Morgan fingerprint density at radius 3 is 2.82 bits per heavy atom. The van der Waals surface area contributed by atoms with Crippen LogP contribution in [0.4, 0.5) is 0 Å². The molecule has 90 valence electrons. The van der Waals surface area contributed by atoms with Crippen molar-refractivity contribution in [3.05, 3.63) is 46.2 Å². The van der Waals surface area contributed by atoms with Crippen molar-refractivity contribution in [3.8, 4) is 5.75 Å². The molecular weight excluding hydrogens is 304 g/mol. The summed E-state index contributed by atoms with van der Waals surface area (Å²) < 4.78 is 8.00. The van der Waals surface area contributed by atoms with Gasteiger partial charge in [-0.2, -0.15) is 5.10 Å². The Hall–Kier alpha value is -1.00. The van der Waals surface area contributed by atoms with Crippen molar-refractivity contribution in [2.45, 2.75) is 12.4 Å². The lowest BCUT2D eigenvalue weighted by Crippen LogP contribution is -2.00. The minimum Gasteiger partial charge on any atom is -0.496 e. The number of alkyl halides is 1. The van der Waals surface area contributed by atoms with E-state index in [1.807, 2.05) is 29.1 Å². The van der Waals surface area contributed by atoms with E-state index >= 15 is 0 Å². The zero-order valence-corrected chi connectivity index (χ0v) is 11.7. The smallest absolute Gasteiger partial charge is 0.133 e. The Morgan fingerprint density at radius 1 is 1.41 bits per heavy atom. The van der Waals surface area contributed by atoms with Gasteiger partial charge in [0.2, 0.25) is 0 Å². The molecule has 0 amide bonds. The highest BCUT2D eigenvalue weighted by Crippen LogP contribution is 2.25. The van der Waals surface area contributed by atoms with Gasteiger partial charge in [0.05, 0.1) is 30.2 Å². The van der Waals surface area contributed by atoms with Crippen LogP contribution in [0, 0.1) is 0 Å². The molecule has 0 aliphatic carbocycles. The van der Waals surface area contributed by atoms with Crippen LogP contribution in [0.25, 0.3) is 0 Å². The van der Waals surface area contributed by atoms with Crippen molar-refractivity contribution >= 4 is 27.5 Å². The lowest BCUT2D eigenvalue weighted by Gasteiger charge is -2.06. The highest BCUT2D eigenvalue weighted by atomic mass is 79.9. The SMILES string of the molecule is COc1ccc(Cn2cc(CCl)cn2)cc1Br. The molecular formula is C12H12BrClN2O. The predicted octanol–water partition coefficient (Wildman–Crippen LogP) is 3.44. The van der Waals surface area contributed by atoms with Crippen LogP contribution < -0.4 is 4.74 Å². The van der Waals surface area contributed by atoms with Crippen molar-refractivity contribution < 1.29 is 4.74 Å². The van der Waals surface area contributed by atoms with Gasteiger partial charge in [0.25, 0.3) is 0 Å². The van der Waals surface area contributed by atoms with Gasteiger partial charge in [-0.1, -0.05) is 6.07 Å². The van der Waals surface area contributed by atoms with E-state index in [0.29, 0.717) is 5.88 Å². The summed E-state index contributed by atoms with van der Waals surface area (Å²) in [6.45, 7) is 0.722. The molecule has 0 aliphatic rings. The number of nitrogens with zero attached hydrogens (tertiary/aromatic N) is 2. The minimum atomic E-state index is 0.492. The Kier molecular flexibility index (Phi) is 4.07. The third kappa shape index (κ3) is 3.01. The van der Waals surface area contributed by atoms with Crippen molar-refractivity contribution in [3.63, 3.8) is 0 Å². The maximum Gasteiger partial charge on any atom is 0.133 e. The first-order valence-corrected chi connectivity index (χ1v) is 6.45. The fraction of sp³-hybridized carbons (Fsp3) is 0.250. The number of aromatic nitrogens is 2. The third-order valence-electron chi connectivity index (χ3n) is 2.40. The number of benzene rings is 1. The van der Waals surface area contributed by atoms with E-state index in [4.69, 9.17) is 16.3 Å². The third-order valence-corrected chi connectivity index (χ3v) is 3.33. The molecule has 0 saturated carbocycles. The van der Waals surface area contributed by atoms with Crippen LogP contribution in [0.5, 0.6) is 5.75 Å². The van der Waals surface area contributed by atoms with Gasteiger partial charge >= 0.3 is 0 Å². The topological polar surface area (TPSA) is 27.1 Å². The normalized spacial score (nSPS) is 10.5. The second-order valence-corrected chi connectivity index (χ2v) is 4.77. The summed E-state index contributed by atoms with van der Waals surface area (Å²) >= 11 is 9.19. The zero-order chi connectivity index (χ0) is 12.3. The highest BCUT2D eigenvalue weighted by molar-refractivity contribution is 9.10. The summed E-state index contributed by atoms with van der Waals surface area (Å²) in [4.78, 5) is 0. The number of hydrogen-bond acceptors (Lipinski definition) is 2. The Labute approximate surface area is 113 Å². The van der Waals surface area contributed by atoms with Gasteiger partial charge in [0.1, 0.15) is 5.75 Å². The second-order valence-electron chi connectivity index (χ2n) is 3.65. The van der Waals surface area contributed by atoms with Gasteiger partial charge in [-0.15, -0.1) is 11.6 Å². The second kappa shape index (κ2) is 5.56. The Morgan fingerprint density at radius 2 is 2.24 bits per heavy atom. The maximum atomic E-state index is 5.73. The van der Waals surface area contributed by atoms with Crippen LogP contribution in [0.15, 0.2) is 35.1 Å². The number of ether oxygens (including phenoxy) is 1. The molecule has 2 aromatic rings. The Bertz CT molecular complexity index is 513. The van der Waals surface area contributed by atoms with E-state index in [1.165, 1.54) is 0 Å². The average molecular weight is 316 g/mol. The molecule has 3 nitrogen and oxygen atoms in total. The standard InChI is InChI=1S/C12H12BrClN2O/c1-17-12-3-2-9(4-11(12)13)7-16-8-10(5-14)6-15-16/h2-4,6,8H,5,7H2,1H3. The largest absolute Gasteiger partial charge is 0.496 e. The monoisotopic (exact) mass is 314 g/mol.